The SMILES string of the molecule is OCCNCC(O)COCCCCCCCCCCCC1CCCCCC1. The summed E-state index contributed by atoms with van der Waals surface area (Å²) in [4.78, 5) is 0. The molecule has 0 bridgehead atoms. The second kappa shape index (κ2) is 19.2. The van der Waals surface area contributed by atoms with Gasteiger partial charge in [0.25, 0.3) is 0 Å². The van der Waals surface area contributed by atoms with Crippen LogP contribution in [0.25, 0.3) is 0 Å². The van der Waals surface area contributed by atoms with Crippen molar-refractivity contribution in [3.63, 3.8) is 0 Å². The summed E-state index contributed by atoms with van der Waals surface area (Å²) in [6, 6.07) is 0. The average molecular weight is 386 g/mol. The second-order valence-corrected chi connectivity index (χ2v) is 8.48. The molecule has 1 aliphatic carbocycles. The van der Waals surface area contributed by atoms with E-state index < -0.39 is 6.10 Å². The average Bonchev–Trinajstić information content (AvgIpc) is 2.94. The molecule has 0 aromatic rings. The molecule has 1 rings (SSSR count). The Morgan fingerprint density at radius 2 is 1.41 bits per heavy atom. The highest BCUT2D eigenvalue weighted by Gasteiger charge is 2.11. The van der Waals surface area contributed by atoms with E-state index in [1.165, 1.54) is 96.3 Å². The van der Waals surface area contributed by atoms with E-state index in [0.29, 0.717) is 19.7 Å². The number of aliphatic hydroxyl groups is 2. The van der Waals surface area contributed by atoms with Crippen LogP contribution < -0.4 is 5.32 Å². The zero-order valence-corrected chi connectivity index (χ0v) is 17.8. The molecule has 0 radical (unpaired) electrons. The van der Waals surface area contributed by atoms with Gasteiger partial charge in [0.1, 0.15) is 0 Å². The Bertz CT molecular complexity index is 293. The van der Waals surface area contributed by atoms with Crippen LogP contribution in [0, 0.1) is 5.92 Å². The molecular weight excluding hydrogens is 338 g/mol. The van der Waals surface area contributed by atoms with Crippen molar-refractivity contribution >= 4 is 0 Å². The normalized spacial score (nSPS) is 17.1. The monoisotopic (exact) mass is 385 g/mol. The maximum Gasteiger partial charge on any atom is 0.0897 e. The molecule has 0 saturated heterocycles. The summed E-state index contributed by atoms with van der Waals surface area (Å²) in [6.45, 7) is 2.25. The van der Waals surface area contributed by atoms with E-state index in [1.807, 2.05) is 0 Å². The summed E-state index contributed by atoms with van der Waals surface area (Å²) in [5.74, 6) is 1.05. The molecular formula is C23H47NO3. The highest BCUT2D eigenvalue weighted by molar-refractivity contribution is 4.64. The Morgan fingerprint density at radius 3 is 2.04 bits per heavy atom. The largest absolute Gasteiger partial charge is 0.395 e. The lowest BCUT2D eigenvalue weighted by Gasteiger charge is -2.13. The van der Waals surface area contributed by atoms with Gasteiger partial charge in [0.15, 0.2) is 0 Å². The topological polar surface area (TPSA) is 61.7 Å². The number of unbranched alkanes of at least 4 members (excludes halogenated alkanes) is 8. The predicted molar refractivity (Wildman–Crippen MR) is 114 cm³/mol. The summed E-state index contributed by atoms with van der Waals surface area (Å²) in [7, 11) is 0. The van der Waals surface area contributed by atoms with E-state index in [4.69, 9.17) is 9.84 Å². The molecule has 1 saturated carbocycles. The Kier molecular flexibility index (Phi) is 17.7. The Balaban J connectivity index is 1.73. The van der Waals surface area contributed by atoms with E-state index in [2.05, 4.69) is 5.32 Å². The van der Waals surface area contributed by atoms with Gasteiger partial charge in [-0.3, -0.25) is 0 Å². The number of hydrogen-bond acceptors (Lipinski definition) is 4. The second-order valence-electron chi connectivity index (χ2n) is 8.48. The van der Waals surface area contributed by atoms with Crippen molar-refractivity contribution in [1.29, 1.82) is 0 Å². The van der Waals surface area contributed by atoms with Crippen molar-refractivity contribution in [2.75, 3.05) is 32.9 Å². The molecule has 0 aromatic carbocycles. The van der Waals surface area contributed by atoms with Crippen LogP contribution in [0.5, 0.6) is 0 Å². The quantitative estimate of drug-likeness (QED) is 0.234. The molecule has 1 aliphatic rings. The minimum absolute atomic E-state index is 0.105. The van der Waals surface area contributed by atoms with Gasteiger partial charge in [0, 0.05) is 19.7 Å². The molecule has 0 aromatic heterocycles. The van der Waals surface area contributed by atoms with E-state index in [-0.39, 0.29) is 6.61 Å². The first-order valence-electron chi connectivity index (χ1n) is 11.9. The third-order valence-electron chi connectivity index (χ3n) is 5.85. The van der Waals surface area contributed by atoms with Crippen LogP contribution in [0.3, 0.4) is 0 Å². The Hall–Kier alpha value is -0.160. The van der Waals surface area contributed by atoms with Gasteiger partial charge in [-0.2, -0.15) is 0 Å². The van der Waals surface area contributed by atoms with Crippen LogP contribution in [0.2, 0.25) is 0 Å². The number of nitrogens with one attached hydrogen (secondary N) is 1. The lowest BCUT2D eigenvalue weighted by atomic mass is 9.93. The zero-order valence-electron chi connectivity index (χ0n) is 17.8. The van der Waals surface area contributed by atoms with Crippen LogP contribution >= 0.6 is 0 Å². The van der Waals surface area contributed by atoms with Crippen molar-refractivity contribution < 1.29 is 14.9 Å². The van der Waals surface area contributed by atoms with Gasteiger partial charge in [-0.1, -0.05) is 96.3 Å². The Labute approximate surface area is 168 Å². The van der Waals surface area contributed by atoms with Crippen molar-refractivity contribution in [2.24, 2.45) is 5.92 Å². The summed E-state index contributed by atoms with van der Waals surface area (Å²) in [5.41, 5.74) is 0. The fourth-order valence-electron chi connectivity index (χ4n) is 4.15. The van der Waals surface area contributed by atoms with Crippen molar-refractivity contribution in [3.8, 4) is 0 Å². The van der Waals surface area contributed by atoms with Gasteiger partial charge >= 0.3 is 0 Å². The van der Waals surface area contributed by atoms with Gasteiger partial charge in [-0.05, 0) is 12.3 Å². The number of aliphatic hydroxyl groups excluding tert-OH is 2. The van der Waals surface area contributed by atoms with E-state index in [1.54, 1.807) is 0 Å². The van der Waals surface area contributed by atoms with Crippen molar-refractivity contribution in [1.82, 2.24) is 5.32 Å². The molecule has 0 spiro atoms. The number of ether oxygens (including phenoxy) is 1. The van der Waals surface area contributed by atoms with E-state index in [0.717, 1.165) is 18.9 Å². The fourth-order valence-corrected chi connectivity index (χ4v) is 4.15. The van der Waals surface area contributed by atoms with Gasteiger partial charge < -0.3 is 20.3 Å². The maximum atomic E-state index is 9.65. The number of rotatable bonds is 18. The standard InChI is InChI=1S/C23H47NO3/c25-18-17-24-20-23(26)21-27-19-13-9-5-3-1-2-4-6-10-14-22-15-11-7-8-12-16-22/h22-26H,1-21H2. The van der Waals surface area contributed by atoms with Crippen molar-refractivity contribution in [3.05, 3.63) is 0 Å². The van der Waals surface area contributed by atoms with Crippen LogP contribution in [-0.2, 0) is 4.74 Å². The smallest absolute Gasteiger partial charge is 0.0897 e. The van der Waals surface area contributed by atoms with Crippen LogP contribution in [0.4, 0.5) is 0 Å². The third-order valence-corrected chi connectivity index (χ3v) is 5.85. The highest BCUT2D eigenvalue weighted by Crippen LogP contribution is 2.27. The molecule has 162 valence electrons. The van der Waals surface area contributed by atoms with Crippen molar-refractivity contribution in [2.45, 2.75) is 109 Å². The van der Waals surface area contributed by atoms with Gasteiger partial charge in [0.2, 0.25) is 0 Å². The predicted octanol–water partition coefficient (Wildman–Crippen LogP) is 4.82. The molecule has 1 atom stereocenters. The van der Waals surface area contributed by atoms with Gasteiger partial charge in [-0.15, -0.1) is 0 Å². The molecule has 1 fully saturated rings. The summed E-state index contributed by atoms with van der Waals surface area (Å²) in [5, 5.41) is 21.3. The van der Waals surface area contributed by atoms with E-state index in [9.17, 15) is 5.11 Å². The highest BCUT2D eigenvalue weighted by atomic mass is 16.5. The fraction of sp³-hybridized carbons (Fsp3) is 1.00. The number of hydrogen-bond donors (Lipinski definition) is 3. The lowest BCUT2D eigenvalue weighted by Crippen LogP contribution is -2.32. The van der Waals surface area contributed by atoms with Gasteiger partial charge in [0.05, 0.1) is 19.3 Å². The molecule has 1 unspecified atom stereocenters. The van der Waals surface area contributed by atoms with Gasteiger partial charge in [-0.25, -0.2) is 0 Å². The summed E-state index contributed by atoms with van der Waals surface area (Å²) >= 11 is 0. The first-order valence-corrected chi connectivity index (χ1v) is 11.9. The minimum Gasteiger partial charge on any atom is -0.395 e. The van der Waals surface area contributed by atoms with Crippen LogP contribution in [0.1, 0.15) is 103 Å². The lowest BCUT2D eigenvalue weighted by molar-refractivity contribution is 0.0350. The Morgan fingerprint density at radius 1 is 0.815 bits per heavy atom. The molecule has 0 aliphatic heterocycles. The molecule has 0 amide bonds. The summed E-state index contributed by atoms with van der Waals surface area (Å²) in [6.07, 6.45) is 22.1. The van der Waals surface area contributed by atoms with Crippen LogP contribution in [0.15, 0.2) is 0 Å². The molecule has 3 N–H and O–H groups in total. The third kappa shape index (κ3) is 16.5. The summed E-state index contributed by atoms with van der Waals surface area (Å²) < 4.78 is 5.50. The maximum absolute atomic E-state index is 9.65. The minimum atomic E-state index is -0.473. The van der Waals surface area contributed by atoms with E-state index >= 15 is 0 Å². The molecule has 4 nitrogen and oxygen atoms in total. The molecule has 0 heterocycles. The first-order chi connectivity index (χ1) is 13.3. The first kappa shape index (κ1) is 24.9. The van der Waals surface area contributed by atoms with Crippen LogP contribution in [-0.4, -0.2) is 49.2 Å². The zero-order chi connectivity index (χ0) is 19.4. The molecule has 4 heteroatoms. The molecule has 27 heavy (non-hydrogen) atoms.